The van der Waals surface area contributed by atoms with Crippen molar-refractivity contribution >= 4 is 26.8 Å². The maximum atomic E-state index is 14.0. The topological polar surface area (TPSA) is 78.4 Å². The molecule has 2 heterocycles. The van der Waals surface area contributed by atoms with E-state index in [1.807, 2.05) is 54.5 Å². The predicted molar refractivity (Wildman–Crippen MR) is 102 cm³/mol. The monoisotopic (exact) mass is 364 g/mol. The lowest BCUT2D eigenvalue weighted by atomic mass is 10.2. The summed E-state index contributed by atoms with van der Waals surface area (Å²) >= 11 is 0. The van der Waals surface area contributed by atoms with Crippen LogP contribution in [0.3, 0.4) is 0 Å². The lowest BCUT2D eigenvalue weighted by Crippen LogP contribution is -2.41. The number of carbonyl (C=O) groups excluding carboxylic acids is 1. The van der Waals surface area contributed by atoms with E-state index in [0.717, 1.165) is 5.39 Å². The number of urea groups is 1. The predicted octanol–water partition coefficient (Wildman–Crippen LogP) is 4.43. The van der Waals surface area contributed by atoms with Crippen molar-refractivity contribution in [2.75, 3.05) is 0 Å². The van der Waals surface area contributed by atoms with Gasteiger partial charge in [-0.05, 0) is 60.6 Å². The lowest BCUT2D eigenvalue weighted by molar-refractivity contribution is 0.175. The van der Waals surface area contributed by atoms with Crippen molar-refractivity contribution in [3.8, 4) is 0 Å². The molecule has 0 unspecified atom stereocenters. The van der Waals surface area contributed by atoms with E-state index in [0.29, 0.717) is 10.5 Å². The van der Waals surface area contributed by atoms with Gasteiger partial charge in [-0.1, -0.05) is 0 Å². The molecule has 0 aliphatic rings. The van der Waals surface area contributed by atoms with Crippen LogP contribution in [-0.2, 0) is 9.73 Å². The largest absolute Gasteiger partial charge is 0.352 e. The van der Waals surface area contributed by atoms with Gasteiger partial charge in [-0.25, -0.2) is 14.0 Å². The summed E-state index contributed by atoms with van der Waals surface area (Å²) in [5.74, 6) is 0. The summed E-state index contributed by atoms with van der Waals surface area (Å²) in [7, 11) is -3.02. The molecule has 1 N–H and O–H groups in total. The molecular formula is C18H28N4O2S. The molecule has 2 rings (SSSR count). The number of nitrogens with zero attached hydrogens (tertiary/aromatic N) is 3. The molecule has 138 valence electrons. The Morgan fingerprint density at radius 3 is 2.32 bits per heavy atom. The van der Waals surface area contributed by atoms with Crippen molar-refractivity contribution in [3.05, 3.63) is 24.5 Å². The molecule has 25 heavy (non-hydrogen) atoms. The van der Waals surface area contributed by atoms with Crippen LogP contribution < -0.4 is 0 Å². The summed E-state index contributed by atoms with van der Waals surface area (Å²) in [5.41, 5.74) is 0.640. The Balaban J connectivity index is 2.74. The Morgan fingerprint density at radius 2 is 1.80 bits per heavy atom. The molecule has 2 aromatic heterocycles. The van der Waals surface area contributed by atoms with Gasteiger partial charge in [0.2, 0.25) is 0 Å². The molecule has 0 fully saturated rings. The fourth-order valence-corrected chi connectivity index (χ4v) is 4.94. The number of fused-ring (bicyclic) bond motifs is 1. The number of nitrogens with one attached hydrogen (secondary N) is 1. The van der Waals surface area contributed by atoms with Crippen molar-refractivity contribution in [1.29, 1.82) is 0 Å². The standard InChI is InChI=1S/C18H28N4O2S/c1-12(2)22(13(3)4)17(23)21-25(24,18(5,6)7)15-9-11-20-16-14(15)8-10-19-16/h8-13H,1-7H3,(H,19,20)/t25-/m0/s1. The molecule has 0 spiro atoms. The van der Waals surface area contributed by atoms with Gasteiger partial charge >= 0.3 is 6.03 Å². The van der Waals surface area contributed by atoms with E-state index >= 15 is 0 Å². The number of amides is 2. The van der Waals surface area contributed by atoms with Gasteiger partial charge < -0.3 is 9.88 Å². The zero-order chi connectivity index (χ0) is 19.0. The molecule has 0 saturated carbocycles. The number of carbonyl (C=O) groups is 1. The minimum Gasteiger partial charge on any atom is -0.346 e. The molecule has 2 amide bonds. The number of hydrogen-bond donors (Lipinski definition) is 1. The van der Waals surface area contributed by atoms with Gasteiger partial charge in [-0.15, -0.1) is 4.36 Å². The molecule has 0 radical (unpaired) electrons. The molecular weight excluding hydrogens is 336 g/mol. The van der Waals surface area contributed by atoms with Gasteiger partial charge in [0.1, 0.15) is 5.65 Å². The van der Waals surface area contributed by atoms with Crippen molar-refractivity contribution in [3.63, 3.8) is 0 Å². The molecule has 2 aromatic rings. The first-order chi connectivity index (χ1) is 11.5. The van der Waals surface area contributed by atoms with Gasteiger partial charge in [-0.3, -0.25) is 0 Å². The first-order valence-electron chi connectivity index (χ1n) is 8.50. The Kier molecular flexibility index (Phi) is 5.27. The maximum Gasteiger partial charge on any atom is 0.352 e. The van der Waals surface area contributed by atoms with Crippen molar-refractivity contribution in [2.45, 2.75) is 70.2 Å². The SMILES string of the molecule is CC(C)N(C(=O)N=[S@](=O)(c1ccnc2[nH]ccc12)C(C)(C)C)C(C)C. The Labute approximate surface area is 150 Å². The molecule has 7 heteroatoms. The van der Waals surface area contributed by atoms with E-state index in [9.17, 15) is 9.00 Å². The number of rotatable bonds is 3. The van der Waals surface area contributed by atoms with E-state index in [1.54, 1.807) is 23.4 Å². The minimum atomic E-state index is -3.02. The third-order valence-corrected chi connectivity index (χ3v) is 7.11. The Bertz CT molecular complexity index is 876. The van der Waals surface area contributed by atoms with Gasteiger partial charge in [0.25, 0.3) is 0 Å². The van der Waals surface area contributed by atoms with Gasteiger partial charge in [0, 0.05) is 29.9 Å². The normalized spacial score (nSPS) is 14.8. The average Bonchev–Trinajstić information content (AvgIpc) is 2.92. The smallest absolute Gasteiger partial charge is 0.346 e. The molecule has 6 nitrogen and oxygen atoms in total. The summed E-state index contributed by atoms with van der Waals surface area (Å²) < 4.78 is 17.6. The van der Waals surface area contributed by atoms with Crippen LogP contribution in [0.15, 0.2) is 33.8 Å². The van der Waals surface area contributed by atoms with Crippen LogP contribution in [0.5, 0.6) is 0 Å². The van der Waals surface area contributed by atoms with Gasteiger partial charge in [0.15, 0.2) is 0 Å². The van der Waals surface area contributed by atoms with E-state index in [4.69, 9.17) is 0 Å². The van der Waals surface area contributed by atoms with Crippen LogP contribution in [0, 0.1) is 0 Å². The second kappa shape index (κ2) is 6.78. The van der Waals surface area contributed by atoms with E-state index in [-0.39, 0.29) is 12.1 Å². The minimum absolute atomic E-state index is 0.0235. The molecule has 1 atom stereocenters. The summed E-state index contributed by atoms with van der Waals surface area (Å²) in [4.78, 5) is 22.4. The molecule has 0 saturated heterocycles. The number of pyridine rings is 1. The summed E-state index contributed by atoms with van der Waals surface area (Å²) in [6, 6.07) is 3.04. The van der Waals surface area contributed by atoms with Gasteiger partial charge in [-0.2, -0.15) is 0 Å². The third-order valence-electron chi connectivity index (χ3n) is 4.09. The second-order valence-corrected chi connectivity index (χ2v) is 10.6. The summed E-state index contributed by atoms with van der Waals surface area (Å²) in [6.07, 6.45) is 3.35. The Morgan fingerprint density at radius 1 is 1.20 bits per heavy atom. The second-order valence-electron chi connectivity index (χ2n) is 7.66. The highest BCUT2D eigenvalue weighted by molar-refractivity contribution is 7.95. The quantitative estimate of drug-likeness (QED) is 0.875. The highest BCUT2D eigenvalue weighted by Gasteiger charge is 2.33. The maximum absolute atomic E-state index is 14.0. The fraction of sp³-hybridized carbons (Fsp3) is 0.556. The van der Waals surface area contributed by atoms with Crippen molar-refractivity contribution in [1.82, 2.24) is 14.9 Å². The zero-order valence-corrected chi connectivity index (χ0v) is 16.8. The lowest BCUT2D eigenvalue weighted by Gasteiger charge is -2.31. The average molecular weight is 365 g/mol. The highest BCUT2D eigenvalue weighted by Crippen LogP contribution is 2.32. The van der Waals surface area contributed by atoms with Crippen LogP contribution >= 0.6 is 0 Å². The summed E-state index contributed by atoms with van der Waals surface area (Å²) in [6.45, 7) is 13.3. The van der Waals surface area contributed by atoms with Crippen LogP contribution in [0.1, 0.15) is 48.5 Å². The van der Waals surface area contributed by atoms with E-state index < -0.39 is 20.5 Å². The fourth-order valence-electron chi connectivity index (χ4n) is 2.89. The number of H-pyrrole nitrogens is 1. The van der Waals surface area contributed by atoms with Crippen molar-refractivity contribution in [2.24, 2.45) is 4.36 Å². The van der Waals surface area contributed by atoms with Gasteiger partial charge in [0.05, 0.1) is 19.4 Å². The first-order valence-corrected chi connectivity index (χ1v) is 10.0. The molecule has 0 aliphatic heterocycles. The summed E-state index contributed by atoms with van der Waals surface area (Å²) in [5, 5.41) is 0.736. The molecule has 0 aliphatic carbocycles. The molecule has 0 bridgehead atoms. The third kappa shape index (κ3) is 3.56. The number of aromatic nitrogens is 2. The molecule has 0 aromatic carbocycles. The van der Waals surface area contributed by atoms with Crippen LogP contribution in [0.25, 0.3) is 11.0 Å². The number of aromatic amines is 1. The van der Waals surface area contributed by atoms with E-state index in [2.05, 4.69) is 14.3 Å². The highest BCUT2D eigenvalue weighted by atomic mass is 32.2. The number of hydrogen-bond acceptors (Lipinski definition) is 3. The zero-order valence-electron chi connectivity index (χ0n) is 16.0. The van der Waals surface area contributed by atoms with E-state index in [1.165, 1.54) is 0 Å². The van der Waals surface area contributed by atoms with Crippen LogP contribution in [-0.4, -0.2) is 41.9 Å². The Hall–Kier alpha value is -1.89. The first kappa shape index (κ1) is 19.4. The van der Waals surface area contributed by atoms with Crippen LogP contribution in [0.4, 0.5) is 4.79 Å². The van der Waals surface area contributed by atoms with Crippen LogP contribution in [0.2, 0.25) is 0 Å². The van der Waals surface area contributed by atoms with Crippen molar-refractivity contribution < 1.29 is 9.00 Å².